The molecule has 7 heteroatoms. The molecule has 2 heterocycles. The Labute approximate surface area is 192 Å². The van der Waals surface area contributed by atoms with Gasteiger partial charge in [-0.1, -0.05) is 35.9 Å². The van der Waals surface area contributed by atoms with Crippen molar-refractivity contribution in [2.45, 2.75) is 31.3 Å². The molecule has 0 unspecified atom stereocenters. The van der Waals surface area contributed by atoms with Crippen LogP contribution in [0.2, 0.25) is 5.02 Å². The average molecular weight is 460 g/mol. The number of hydrogen-bond donors (Lipinski definition) is 1. The van der Waals surface area contributed by atoms with E-state index in [2.05, 4.69) is 4.90 Å². The Hall–Kier alpha value is -2.41. The van der Waals surface area contributed by atoms with Crippen molar-refractivity contribution in [3.8, 4) is 5.75 Å². The summed E-state index contributed by atoms with van der Waals surface area (Å²) in [6.45, 7) is 2.74. The molecular weight excluding hydrogens is 433 g/mol. The molecule has 2 saturated heterocycles. The number of hydrogen-bond acceptors (Lipinski definition) is 5. The van der Waals surface area contributed by atoms with Crippen LogP contribution in [-0.4, -0.2) is 54.9 Å². The number of aliphatic hydroxyl groups excluding tert-OH is 1. The number of cyclic esters (lactones) is 1. The molecule has 2 aliphatic heterocycles. The molecule has 4 rings (SSSR count). The number of carbonyl (C=O) groups is 1. The van der Waals surface area contributed by atoms with Crippen LogP contribution in [0.3, 0.4) is 0 Å². The number of ether oxygens (including phenoxy) is 2. The zero-order chi connectivity index (χ0) is 22.5. The quantitative estimate of drug-likeness (QED) is 0.490. The van der Waals surface area contributed by atoms with Crippen molar-refractivity contribution in [2.24, 2.45) is 0 Å². The van der Waals surface area contributed by atoms with E-state index in [0.29, 0.717) is 36.8 Å². The molecule has 2 fully saturated rings. The topological polar surface area (TPSA) is 59.0 Å². The number of piperidine rings is 1. The number of halogens is 2. The van der Waals surface area contributed by atoms with Gasteiger partial charge in [0.1, 0.15) is 24.3 Å². The van der Waals surface area contributed by atoms with Crippen LogP contribution in [0.15, 0.2) is 48.0 Å². The number of esters is 1. The van der Waals surface area contributed by atoms with Gasteiger partial charge in [0.05, 0.1) is 11.6 Å². The van der Waals surface area contributed by atoms with E-state index in [-0.39, 0.29) is 23.4 Å². The fraction of sp³-hybridized carbons (Fsp3) is 0.400. The summed E-state index contributed by atoms with van der Waals surface area (Å²) in [7, 11) is 0. The Balaban J connectivity index is 1.27. The van der Waals surface area contributed by atoms with Crippen LogP contribution in [0.1, 0.15) is 36.3 Å². The smallest absolute Gasteiger partial charge is 0.334 e. The maximum atomic E-state index is 13.8. The van der Waals surface area contributed by atoms with Gasteiger partial charge in [-0.2, -0.15) is 0 Å². The first-order chi connectivity index (χ1) is 15.5. The molecule has 0 saturated carbocycles. The van der Waals surface area contributed by atoms with Crippen LogP contribution in [0.25, 0.3) is 6.08 Å². The number of nitrogens with zero attached hydrogens (tertiary/aromatic N) is 1. The Kier molecular flexibility index (Phi) is 7.45. The highest BCUT2D eigenvalue weighted by Gasteiger charge is 2.23. The van der Waals surface area contributed by atoms with Crippen molar-refractivity contribution in [1.29, 1.82) is 0 Å². The fourth-order valence-corrected chi connectivity index (χ4v) is 4.37. The predicted molar refractivity (Wildman–Crippen MR) is 121 cm³/mol. The molecule has 2 aromatic carbocycles. The summed E-state index contributed by atoms with van der Waals surface area (Å²) in [5.74, 6) is 0.264. The van der Waals surface area contributed by atoms with Crippen LogP contribution in [-0.2, 0) is 9.53 Å². The first kappa shape index (κ1) is 22.8. The summed E-state index contributed by atoms with van der Waals surface area (Å²) < 4.78 is 24.6. The minimum absolute atomic E-state index is 0.148. The molecule has 32 heavy (non-hydrogen) atoms. The van der Waals surface area contributed by atoms with Crippen LogP contribution in [0.5, 0.6) is 5.75 Å². The van der Waals surface area contributed by atoms with E-state index < -0.39 is 6.10 Å². The van der Waals surface area contributed by atoms with Crippen molar-refractivity contribution in [3.05, 3.63) is 70.0 Å². The van der Waals surface area contributed by atoms with Gasteiger partial charge in [0.15, 0.2) is 0 Å². The van der Waals surface area contributed by atoms with Crippen LogP contribution >= 0.6 is 11.6 Å². The normalized spacial score (nSPS) is 19.8. The van der Waals surface area contributed by atoms with E-state index in [1.165, 1.54) is 6.07 Å². The van der Waals surface area contributed by atoms with Gasteiger partial charge in [0.25, 0.3) is 0 Å². The van der Waals surface area contributed by atoms with Crippen molar-refractivity contribution in [3.63, 3.8) is 0 Å². The zero-order valence-electron chi connectivity index (χ0n) is 17.8. The summed E-state index contributed by atoms with van der Waals surface area (Å²) in [6, 6.07) is 12.5. The zero-order valence-corrected chi connectivity index (χ0v) is 18.6. The number of rotatable bonds is 7. The lowest BCUT2D eigenvalue weighted by Crippen LogP contribution is -2.40. The van der Waals surface area contributed by atoms with E-state index in [9.17, 15) is 14.3 Å². The largest absolute Gasteiger partial charge is 0.490 e. The van der Waals surface area contributed by atoms with Crippen LogP contribution in [0.4, 0.5) is 4.39 Å². The number of benzene rings is 2. The summed E-state index contributed by atoms with van der Waals surface area (Å²) in [5, 5.41) is 10.7. The Morgan fingerprint density at radius 3 is 2.75 bits per heavy atom. The van der Waals surface area contributed by atoms with E-state index in [1.807, 2.05) is 30.3 Å². The van der Waals surface area contributed by atoms with Crippen molar-refractivity contribution in [2.75, 3.05) is 32.8 Å². The minimum atomic E-state index is -0.642. The third-order valence-electron chi connectivity index (χ3n) is 6.02. The van der Waals surface area contributed by atoms with E-state index >= 15 is 0 Å². The van der Waals surface area contributed by atoms with Crippen molar-refractivity contribution in [1.82, 2.24) is 4.90 Å². The Morgan fingerprint density at radius 2 is 2.03 bits per heavy atom. The number of carbonyl (C=O) groups excluding carboxylic acids is 1. The summed E-state index contributed by atoms with van der Waals surface area (Å²) in [6.07, 6.45) is 3.55. The highest BCUT2D eigenvalue weighted by atomic mass is 35.5. The van der Waals surface area contributed by atoms with Gasteiger partial charge in [0.2, 0.25) is 0 Å². The van der Waals surface area contributed by atoms with Crippen LogP contribution < -0.4 is 4.74 Å². The first-order valence-electron chi connectivity index (χ1n) is 10.9. The molecule has 0 bridgehead atoms. The molecule has 170 valence electrons. The SMILES string of the molecule is O=C1OCCC1=Cc1ccccc1OC[C@@H](O)CN1CCC(c2ccc(Cl)c(F)c2)CC1. The Morgan fingerprint density at radius 1 is 1.25 bits per heavy atom. The molecular formula is C25H27ClFNO4. The molecule has 0 aromatic heterocycles. The third kappa shape index (κ3) is 5.68. The van der Waals surface area contributed by atoms with Gasteiger partial charge in [0, 0.05) is 24.1 Å². The Bertz CT molecular complexity index is 988. The van der Waals surface area contributed by atoms with E-state index in [4.69, 9.17) is 21.1 Å². The third-order valence-corrected chi connectivity index (χ3v) is 6.32. The fourth-order valence-electron chi connectivity index (χ4n) is 4.25. The molecule has 5 nitrogen and oxygen atoms in total. The molecule has 0 spiro atoms. The molecule has 2 aliphatic rings. The van der Waals surface area contributed by atoms with Gasteiger partial charge in [-0.25, -0.2) is 9.18 Å². The second-order valence-corrected chi connectivity index (χ2v) is 8.71. The second-order valence-electron chi connectivity index (χ2n) is 8.31. The maximum absolute atomic E-state index is 13.8. The summed E-state index contributed by atoms with van der Waals surface area (Å²) >= 11 is 5.79. The van der Waals surface area contributed by atoms with Gasteiger partial charge in [-0.3, -0.25) is 0 Å². The highest BCUT2D eigenvalue weighted by Crippen LogP contribution is 2.30. The molecule has 2 aromatic rings. The van der Waals surface area contributed by atoms with E-state index in [0.717, 1.165) is 37.1 Å². The molecule has 0 radical (unpaired) electrons. The second kappa shape index (κ2) is 10.5. The maximum Gasteiger partial charge on any atom is 0.334 e. The minimum Gasteiger partial charge on any atom is -0.490 e. The molecule has 0 amide bonds. The highest BCUT2D eigenvalue weighted by molar-refractivity contribution is 6.30. The van der Waals surface area contributed by atoms with Crippen molar-refractivity contribution < 1.29 is 23.8 Å². The number of likely N-dealkylation sites (tertiary alicyclic amines) is 1. The van der Waals surface area contributed by atoms with E-state index in [1.54, 1.807) is 12.1 Å². The number of aliphatic hydroxyl groups is 1. The number of β-amino-alcohol motifs (C(OH)–C–C–N with tert-alkyl or cyclic N) is 1. The molecule has 1 atom stereocenters. The monoisotopic (exact) mass is 459 g/mol. The lowest BCUT2D eigenvalue weighted by atomic mass is 9.89. The van der Waals surface area contributed by atoms with Crippen LogP contribution in [0, 0.1) is 5.82 Å². The molecule has 0 aliphatic carbocycles. The lowest BCUT2D eigenvalue weighted by molar-refractivity contribution is -0.134. The van der Waals surface area contributed by atoms with Gasteiger partial charge in [-0.05, 0) is 61.7 Å². The summed E-state index contributed by atoms with van der Waals surface area (Å²) in [5.41, 5.74) is 2.40. The van der Waals surface area contributed by atoms with Gasteiger partial charge < -0.3 is 19.5 Å². The lowest BCUT2D eigenvalue weighted by Gasteiger charge is -2.33. The number of para-hydroxylation sites is 1. The standard InChI is InChI=1S/C25H27ClFNO4/c26-22-6-5-18(14-23(22)27)17-7-10-28(11-8-17)15-21(29)16-32-24-4-2-1-3-19(24)13-20-9-12-31-25(20)30/h1-6,13-14,17,21,29H,7-12,15-16H2/t21-/m0/s1. The first-order valence-corrected chi connectivity index (χ1v) is 11.3. The average Bonchev–Trinajstić information content (AvgIpc) is 3.20. The molecule has 1 N–H and O–H groups in total. The van der Waals surface area contributed by atoms with Crippen molar-refractivity contribution >= 4 is 23.6 Å². The van der Waals surface area contributed by atoms with Gasteiger partial charge >= 0.3 is 5.97 Å². The summed E-state index contributed by atoms with van der Waals surface area (Å²) in [4.78, 5) is 13.9. The van der Waals surface area contributed by atoms with Gasteiger partial charge in [-0.15, -0.1) is 0 Å². The predicted octanol–water partition coefficient (Wildman–Crippen LogP) is 4.43.